The standard InChI is InChI=1S/C27H36F2N2O/c1-3-5-7-9-11-12-14-16-22-20-30-27(31-21-22)23-17-18-24(26(29)25(23)28)32-19-15-13-10-8-6-4-2/h17-18,20-21H,3-13,15,19H2,1-2H3. The van der Waals surface area contributed by atoms with Crippen molar-refractivity contribution in [3.05, 3.63) is 41.7 Å². The van der Waals surface area contributed by atoms with Crippen LogP contribution in [-0.4, -0.2) is 16.6 Å². The summed E-state index contributed by atoms with van der Waals surface area (Å²) in [6.07, 6.45) is 16.6. The highest BCUT2D eigenvalue weighted by Crippen LogP contribution is 2.28. The molecule has 0 amide bonds. The van der Waals surface area contributed by atoms with E-state index in [1.807, 2.05) is 0 Å². The van der Waals surface area contributed by atoms with Gasteiger partial charge in [0.05, 0.1) is 17.7 Å². The van der Waals surface area contributed by atoms with Gasteiger partial charge < -0.3 is 4.74 Å². The first-order valence-electron chi connectivity index (χ1n) is 12.1. The number of benzene rings is 1. The normalized spacial score (nSPS) is 10.6. The average Bonchev–Trinajstić information content (AvgIpc) is 2.81. The van der Waals surface area contributed by atoms with Crippen LogP contribution in [0.25, 0.3) is 11.4 Å². The van der Waals surface area contributed by atoms with E-state index in [9.17, 15) is 8.78 Å². The molecule has 0 unspecified atom stereocenters. The number of nitrogens with zero attached hydrogens (tertiary/aromatic N) is 2. The van der Waals surface area contributed by atoms with Crippen molar-refractivity contribution in [3.8, 4) is 29.0 Å². The van der Waals surface area contributed by atoms with E-state index in [1.165, 1.54) is 57.1 Å². The molecule has 32 heavy (non-hydrogen) atoms. The van der Waals surface area contributed by atoms with Gasteiger partial charge in [-0.3, -0.25) is 0 Å². The molecule has 0 saturated heterocycles. The van der Waals surface area contributed by atoms with Crippen LogP contribution < -0.4 is 4.74 Å². The van der Waals surface area contributed by atoms with Crippen molar-refractivity contribution in [1.82, 2.24) is 9.97 Å². The molecule has 0 aliphatic carbocycles. The predicted molar refractivity (Wildman–Crippen MR) is 127 cm³/mol. The molecule has 174 valence electrons. The van der Waals surface area contributed by atoms with Crippen molar-refractivity contribution in [2.45, 2.75) is 90.9 Å². The summed E-state index contributed by atoms with van der Waals surface area (Å²) < 4.78 is 34.5. The summed E-state index contributed by atoms with van der Waals surface area (Å²) >= 11 is 0. The molecule has 2 rings (SSSR count). The number of ether oxygens (including phenoxy) is 1. The van der Waals surface area contributed by atoms with Gasteiger partial charge in [0.2, 0.25) is 5.82 Å². The van der Waals surface area contributed by atoms with Crippen molar-refractivity contribution >= 4 is 0 Å². The molecule has 1 aromatic carbocycles. The van der Waals surface area contributed by atoms with Gasteiger partial charge >= 0.3 is 0 Å². The molecule has 1 heterocycles. The summed E-state index contributed by atoms with van der Waals surface area (Å²) in [5, 5.41) is 0. The molecule has 0 N–H and O–H groups in total. The minimum absolute atomic E-state index is 0.0184. The smallest absolute Gasteiger partial charge is 0.201 e. The zero-order valence-electron chi connectivity index (χ0n) is 19.6. The SMILES string of the molecule is CCCCCCCC#Cc1cnc(-c2ccc(OCCCCCCCC)c(F)c2F)nc1. The fraction of sp³-hybridized carbons (Fsp3) is 0.556. The molecule has 0 aliphatic heterocycles. The number of halogens is 2. The largest absolute Gasteiger partial charge is 0.490 e. The van der Waals surface area contributed by atoms with E-state index in [-0.39, 0.29) is 17.1 Å². The van der Waals surface area contributed by atoms with Crippen molar-refractivity contribution in [3.63, 3.8) is 0 Å². The quantitative estimate of drug-likeness (QED) is 0.220. The number of unbranched alkanes of at least 4 members (excludes halogenated alkanes) is 10. The summed E-state index contributed by atoms with van der Waals surface area (Å²) in [5.74, 6) is 4.23. The Balaban J connectivity index is 1.87. The van der Waals surface area contributed by atoms with Crippen LogP contribution in [0.5, 0.6) is 5.75 Å². The lowest BCUT2D eigenvalue weighted by atomic mass is 10.1. The van der Waals surface area contributed by atoms with Crippen LogP contribution in [0.3, 0.4) is 0 Å². The first-order chi connectivity index (χ1) is 15.7. The van der Waals surface area contributed by atoms with E-state index in [0.29, 0.717) is 12.2 Å². The van der Waals surface area contributed by atoms with Gasteiger partial charge in [0.15, 0.2) is 17.4 Å². The van der Waals surface area contributed by atoms with E-state index < -0.39 is 11.6 Å². The third kappa shape index (κ3) is 8.94. The van der Waals surface area contributed by atoms with Gasteiger partial charge in [0, 0.05) is 18.8 Å². The van der Waals surface area contributed by atoms with Crippen LogP contribution in [0.2, 0.25) is 0 Å². The number of hydrogen-bond donors (Lipinski definition) is 0. The monoisotopic (exact) mass is 442 g/mol. The Morgan fingerprint density at radius 2 is 1.41 bits per heavy atom. The summed E-state index contributed by atoms with van der Waals surface area (Å²) in [7, 11) is 0. The van der Waals surface area contributed by atoms with Crippen molar-refractivity contribution in [2.75, 3.05) is 6.61 Å². The van der Waals surface area contributed by atoms with Crippen molar-refractivity contribution < 1.29 is 13.5 Å². The zero-order chi connectivity index (χ0) is 23.0. The number of aromatic nitrogens is 2. The van der Waals surface area contributed by atoms with Crippen LogP contribution in [0.15, 0.2) is 24.5 Å². The van der Waals surface area contributed by atoms with Gasteiger partial charge in [-0.2, -0.15) is 4.39 Å². The summed E-state index contributed by atoms with van der Waals surface area (Å²) in [6, 6.07) is 2.91. The molecule has 0 bridgehead atoms. The molecule has 0 radical (unpaired) electrons. The molecular weight excluding hydrogens is 406 g/mol. The van der Waals surface area contributed by atoms with Gasteiger partial charge in [-0.25, -0.2) is 14.4 Å². The second-order valence-electron chi connectivity index (χ2n) is 8.12. The second-order valence-corrected chi connectivity index (χ2v) is 8.12. The molecule has 1 aromatic heterocycles. The van der Waals surface area contributed by atoms with E-state index >= 15 is 0 Å². The summed E-state index contributed by atoms with van der Waals surface area (Å²) in [5.41, 5.74) is 0.687. The molecular formula is C27H36F2N2O. The third-order valence-electron chi connectivity index (χ3n) is 5.33. The lowest BCUT2D eigenvalue weighted by Gasteiger charge is -2.10. The number of rotatable bonds is 14. The first kappa shape index (κ1) is 25.8. The molecule has 0 fully saturated rings. The zero-order valence-corrected chi connectivity index (χ0v) is 19.6. The van der Waals surface area contributed by atoms with Gasteiger partial charge in [0.1, 0.15) is 0 Å². The Morgan fingerprint density at radius 1 is 0.781 bits per heavy atom. The molecule has 0 aliphatic rings. The van der Waals surface area contributed by atoms with Gasteiger partial charge in [0.25, 0.3) is 0 Å². The third-order valence-corrected chi connectivity index (χ3v) is 5.33. The summed E-state index contributed by atoms with van der Waals surface area (Å²) in [4.78, 5) is 8.34. The Morgan fingerprint density at radius 3 is 2.09 bits per heavy atom. The molecule has 0 saturated carbocycles. The topological polar surface area (TPSA) is 35.0 Å². The maximum atomic E-state index is 14.6. The molecule has 5 heteroatoms. The molecule has 0 atom stereocenters. The van der Waals surface area contributed by atoms with Gasteiger partial charge in [-0.1, -0.05) is 83.5 Å². The lowest BCUT2D eigenvalue weighted by Crippen LogP contribution is -2.02. The molecule has 3 nitrogen and oxygen atoms in total. The van der Waals surface area contributed by atoms with Gasteiger partial charge in [-0.05, 0) is 25.0 Å². The maximum Gasteiger partial charge on any atom is 0.201 e. The van der Waals surface area contributed by atoms with Crippen LogP contribution in [0.1, 0.15) is 96.5 Å². The average molecular weight is 443 g/mol. The Labute approximate surface area is 192 Å². The van der Waals surface area contributed by atoms with E-state index in [1.54, 1.807) is 12.4 Å². The highest BCUT2D eigenvalue weighted by molar-refractivity contribution is 5.58. The Bertz CT molecular complexity index is 856. The van der Waals surface area contributed by atoms with Crippen LogP contribution in [-0.2, 0) is 0 Å². The van der Waals surface area contributed by atoms with Crippen molar-refractivity contribution in [1.29, 1.82) is 0 Å². The van der Waals surface area contributed by atoms with E-state index in [0.717, 1.165) is 32.1 Å². The Kier molecular flexibility index (Phi) is 12.4. The van der Waals surface area contributed by atoms with E-state index in [2.05, 4.69) is 35.7 Å². The van der Waals surface area contributed by atoms with Crippen LogP contribution >= 0.6 is 0 Å². The predicted octanol–water partition coefficient (Wildman–Crippen LogP) is 7.87. The van der Waals surface area contributed by atoms with Crippen LogP contribution in [0.4, 0.5) is 8.78 Å². The highest BCUT2D eigenvalue weighted by Gasteiger charge is 2.17. The highest BCUT2D eigenvalue weighted by atomic mass is 19.2. The fourth-order valence-corrected chi connectivity index (χ4v) is 3.39. The van der Waals surface area contributed by atoms with Crippen molar-refractivity contribution in [2.24, 2.45) is 0 Å². The molecule has 2 aromatic rings. The fourth-order valence-electron chi connectivity index (χ4n) is 3.39. The second kappa shape index (κ2) is 15.3. The number of hydrogen-bond acceptors (Lipinski definition) is 3. The molecule has 0 spiro atoms. The van der Waals surface area contributed by atoms with Crippen LogP contribution in [0, 0.1) is 23.5 Å². The minimum Gasteiger partial charge on any atom is -0.490 e. The Hall–Kier alpha value is -2.48. The maximum absolute atomic E-state index is 14.6. The van der Waals surface area contributed by atoms with E-state index in [4.69, 9.17) is 4.74 Å². The summed E-state index contributed by atoms with van der Waals surface area (Å²) in [6.45, 7) is 4.75. The van der Waals surface area contributed by atoms with Gasteiger partial charge in [-0.15, -0.1) is 0 Å². The lowest BCUT2D eigenvalue weighted by molar-refractivity contribution is 0.285. The minimum atomic E-state index is -0.996. The first-order valence-corrected chi connectivity index (χ1v) is 12.1.